The Morgan fingerprint density at radius 2 is 1.89 bits per heavy atom. The van der Waals surface area contributed by atoms with Gasteiger partial charge < -0.3 is 5.32 Å². The van der Waals surface area contributed by atoms with Crippen LogP contribution in [0.3, 0.4) is 0 Å². The minimum absolute atomic E-state index is 0.348. The van der Waals surface area contributed by atoms with Crippen molar-refractivity contribution in [1.29, 1.82) is 0 Å². The summed E-state index contributed by atoms with van der Waals surface area (Å²) in [5.41, 5.74) is 4.96. The van der Waals surface area contributed by atoms with Gasteiger partial charge in [-0.1, -0.05) is 29.8 Å². The molecule has 102 valence electrons. The molecule has 2 rings (SSSR count). The number of aryl methyl sites for hydroxylation is 3. The Labute approximate surface area is 115 Å². The molecule has 1 aromatic heterocycles. The predicted molar refractivity (Wildman–Crippen MR) is 79.1 cm³/mol. The van der Waals surface area contributed by atoms with Gasteiger partial charge >= 0.3 is 0 Å². The Kier molecular flexibility index (Phi) is 4.38. The molecule has 2 aromatic rings. The summed E-state index contributed by atoms with van der Waals surface area (Å²) in [7, 11) is 0. The fourth-order valence-corrected chi connectivity index (χ4v) is 2.25. The largest absolute Gasteiger partial charge is 0.305 e. The Balaban J connectivity index is 1.99. The van der Waals surface area contributed by atoms with Gasteiger partial charge in [-0.2, -0.15) is 5.10 Å². The Bertz CT molecular complexity index is 525. The van der Waals surface area contributed by atoms with Crippen molar-refractivity contribution in [2.45, 2.75) is 46.8 Å². The van der Waals surface area contributed by atoms with Gasteiger partial charge in [-0.25, -0.2) is 0 Å². The van der Waals surface area contributed by atoms with Crippen molar-refractivity contribution in [2.75, 3.05) is 0 Å². The van der Waals surface area contributed by atoms with Crippen molar-refractivity contribution in [3.05, 3.63) is 52.8 Å². The van der Waals surface area contributed by atoms with Gasteiger partial charge in [-0.15, -0.1) is 0 Å². The van der Waals surface area contributed by atoms with E-state index in [0.717, 1.165) is 18.8 Å². The van der Waals surface area contributed by atoms with E-state index in [1.165, 1.54) is 16.8 Å². The number of rotatable bonds is 5. The van der Waals surface area contributed by atoms with E-state index >= 15 is 0 Å². The molecule has 3 nitrogen and oxygen atoms in total. The number of nitrogens with one attached hydrogen (secondary N) is 1. The first kappa shape index (κ1) is 13.8. The van der Waals surface area contributed by atoms with E-state index in [9.17, 15) is 0 Å². The molecule has 0 saturated carbocycles. The summed E-state index contributed by atoms with van der Waals surface area (Å²) in [5.74, 6) is 0. The van der Waals surface area contributed by atoms with Gasteiger partial charge in [0, 0.05) is 19.1 Å². The third kappa shape index (κ3) is 3.44. The molecule has 1 heterocycles. The minimum Gasteiger partial charge on any atom is -0.305 e. The summed E-state index contributed by atoms with van der Waals surface area (Å²) in [6.07, 6.45) is 0. The highest BCUT2D eigenvalue weighted by Gasteiger charge is 2.07. The molecular formula is C16H23N3. The van der Waals surface area contributed by atoms with Gasteiger partial charge in [0.1, 0.15) is 0 Å². The van der Waals surface area contributed by atoms with Crippen molar-refractivity contribution in [1.82, 2.24) is 15.1 Å². The van der Waals surface area contributed by atoms with Crippen LogP contribution in [-0.2, 0) is 13.1 Å². The Morgan fingerprint density at radius 1 is 1.21 bits per heavy atom. The molecule has 0 radical (unpaired) electrons. The van der Waals surface area contributed by atoms with Gasteiger partial charge in [0.2, 0.25) is 0 Å². The number of benzene rings is 1. The molecular weight excluding hydrogens is 234 g/mol. The summed E-state index contributed by atoms with van der Waals surface area (Å²) in [5, 5.41) is 8.03. The molecule has 0 fully saturated rings. The van der Waals surface area contributed by atoms with E-state index in [0.29, 0.717) is 6.04 Å². The Hall–Kier alpha value is -1.61. The van der Waals surface area contributed by atoms with Crippen LogP contribution in [0.25, 0.3) is 0 Å². The summed E-state index contributed by atoms with van der Waals surface area (Å²) >= 11 is 0. The van der Waals surface area contributed by atoms with Crippen LogP contribution in [0, 0.1) is 13.8 Å². The summed E-state index contributed by atoms with van der Waals surface area (Å²) in [6, 6.07) is 11.2. The highest BCUT2D eigenvalue weighted by atomic mass is 15.3. The lowest BCUT2D eigenvalue weighted by atomic mass is 10.1. The molecule has 1 aromatic carbocycles. The Morgan fingerprint density at radius 3 is 2.53 bits per heavy atom. The highest BCUT2D eigenvalue weighted by Crippen LogP contribution is 2.14. The van der Waals surface area contributed by atoms with Crippen LogP contribution >= 0.6 is 0 Å². The second-order valence-electron chi connectivity index (χ2n) is 5.11. The highest BCUT2D eigenvalue weighted by molar-refractivity contribution is 5.23. The zero-order valence-electron chi connectivity index (χ0n) is 12.3. The first-order chi connectivity index (χ1) is 9.10. The monoisotopic (exact) mass is 257 g/mol. The minimum atomic E-state index is 0.348. The van der Waals surface area contributed by atoms with Crippen molar-refractivity contribution >= 4 is 0 Å². The van der Waals surface area contributed by atoms with Crippen LogP contribution in [0.5, 0.6) is 0 Å². The molecule has 1 N–H and O–H groups in total. The fraction of sp³-hybridized carbons (Fsp3) is 0.438. The maximum atomic E-state index is 4.47. The fourth-order valence-electron chi connectivity index (χ4n) is 2.25. The first-order valence-corrected chi connectivity index (χ1v) is 6.93. The molecule has 0 amide bonds. The number of hydrogen-bond acceptors (Lipinski definition) is 2. The van der Waals surface area contributed by atoms with E-state index in [1.807, 2.05) is 6.92 Å². The van der Waals surface area contributed by atoms with Crippen LogP contribution in [0.1, 0.15) is 42.4 Å². The molecule has 0 aliphatic heterocycles. The van der Waals surface area contributed by atoms with Crippen LogP contribution in [0.15, 0.2) is 30.3 Å². The molecule has 1 atom stereocenters. The zero-order chi connectivity index (χ0) is 13.8. The zero-order valence-corrected chi connectivity index (χ0v) is 12.3. The van der Waals surface area contributed by atoms with Crippen molar-refractivity contribution in [3.8, 4) is 0 Å². The topological polar surface area (TPSA) is 29.9 Å². The third-order valence-corrected chi connectivity index (χ3v) is 3.45. The average Bonchev–Trinajstić information content (AvgIpc) is 2.77. The van der Waals surface area contributed by atoms with Crippen molar-refractivity contribution in [3.63, 3.8) is 0 Å². The molecule has 0 aliphatic rings. The van der Waals surface area contributed by atoms with Crippen LogP contribution in [0.4, 0.5) is 0 Å². The molecule has 0 aliphatic carbocycles. The maximum Gasteiger partial charge on any atom is 0.0597 e. The summed E-state index contributed by atoms with van der Waals surface area (Å²) in [4.78, 5) is 0. The van der Waals surface area contributed by atoms with E-state index < -0.39 is 0 Å². The molecule has 3 heteroatoms. The summed E-state index contributed by atoms with van der Waals surface area (Å²) in [6.45, 7) is 10.3. The second kappa shape index (κ2) is 6.02. The number of nitrogens with zero attached hydrogens (tertiary/aromatic N) is 2. The smallest absolute Gasteiger partial charge is 0.0597 e. The molecule has 0 spiro atoms. The quantitative estimate of drug-likeness (QED) is 0.890. The molecule has 0 saturated heterocycles. The molecule has 0 bridgehead atoms. The standard InChI is InChI=1S/C16H23N3/c1-5-19-16(10-13(3)18-19)11-17-14(4)15-8-6-12(2)7-9-15/h6-10,14,17H,5,11H2,1-4H3/t14-/m1/s1. The van der Waals surface area contributed by atoms with E-state index in [-0.39, 0.29) is 0 Å². The molecule has 0 unspecified atom stereocenters. The molecule has 19 heavy (non-hydrogen) atoms. The van der Waals surface area contributed by atoms with Gasteiger partial charge in [0.25, 0.3) is 0 Å². The third-order valence-electron chi connectivity index (χ3n) is 3.45. The lowest BCUT2D eigenvalue weighted by Crippen LogP contribution is -2.20. The maximum absolute atomic E-state index is 4.47. The summed E-state index contributed by atoms with van der Waals surface area (Å²) < 4.78 is 2.06. The average molecular weight is 257 g/mol. The van der Waals surface area contributed by atoms with Gasteiger partial charge in [-0.05, 0) is 39.3 Å². The van der Waals surface area contributed by atoms with Gasteiger partial charge in [0.15, 0.2) is 0 Å². The number of hydrogen-bond donors (Lipinski definition) is 1. The SMILES string of the molecule is CCn1nc(C)cc1CN[C@H](C)c1ccc(C)cc1. The van der Waals surface area contributed by atoms with Crippen LogP contribution < -0.4 is 5.32 Å². The van der Waals surface area contributed by atoms with Crippen molar-refractivity contribution in [2.24, 2.45) is 0 Å². The van der Waals surface area contributed by atoms with E-state index in [1.54, 1.807) is 0 Å². The lowest BCUT2D eigenvalue weighted by molar-refractivity contribution is 0.531. The normalized spacial score (nSPS) is 12.6. The second-order valence-corrected chi connectivity index (χ2v) is 5.11. The van der Waals surface area contributed by atoms with Crippen LogP contribution in [-0.4, -0.2) is 9.78 Å². The van der Waals surface area contributed by atoms with E-state index in [2.05, 4.69) is 66.2 Å². The van der Waals surface area contributed by atoms with Crippen molar-refractivity contribution < 1.29 is 0 Å². The van der Waals surface area contributed by atoms with Crippen LogP contribution in [0.2, 0.25) is 0 Å². The van der Waals surface area contributed by atoms with Gasteiger partial charge in [-0.3, -0.25) is 4.68 Å². The lowest BCUT2D eigenvalue weighted by Gasteiger charge is -2.15. The number of aromatic nitrogens is 2. The first-order valence-electron chi connectivity index (χ1n) is 6.93. The van der Waals surface area contributed by atoms with E-state index in [4.69, 9.17) is 0 Å². The van der Waals surface area contributed by atoms with Gasteiger partial charge in [0.05, 0.1) is 11.4 Å². The predicted octanol–water partition coefficient (Wildman–Crippen LogP) is 3.37.